The Morgan fingerprint density at radius 3 is 2.87 bits per heavy atom. The van der Waals surface area contributed by atoms with Crippen molar-refractivity contribution in [2.45, 2.75) is 6.54 Å². The number of nitrogen functional groups attached to an aromatic ring is 1. The molecule has 2 aromatic rings. The number of rotatable bonds is 3. The highest BCUT2D eigenvalue weighted by atomic mass is 32.1. The molecular weight excluding hydrogens is 208 g/mol. The van der Waals surface area contributed by atoms with Gasteiger partial charge in [-0.25, -0.2) is 0 Å². The average molecular weight is 220 g/mol. The molecule has 0 aliphatic heterocycles. The monoisotopic (exact) mass is 220 g/mol. The molecule has 1 aromatic carbocycles. The molecule has 5 heteroatoms. The van der Waals surface area contributed by atoms with Gasteiger partial charge in [0.05, 0.1) is 0 Å². The van der Waals surface area contributed by atoms with E-state index in [9.17, 15) is 0 Å². The van der Waals surface area contributed by atoms with Crippen LogP contribution in [0.5, 0.6) is 0 Å². The zero-order chi connectivity index (χ0) is 10.7. The number of hydrogen-bond acceptors (Lipinski definition) is 5. The lowest BCUT2D eigenvalue weighted by atomic mass is 10.2. The van der Waals surface area contributed by atoms with Crippen molar-refractivity contribution < 1.29 is 0 Å². The van der Waals surface area contributed by atoms with Gasteiger partial charge in [0.25, 0.3) is 0 Å². The molecular formula is C10H12N4S. The fourth-order valence-electron chi connectivity index (χ4n) is 1.33. The largest absolute Gasteiger partial charge is 0.398 e. The minimum absolute atomic E-state index is 0.752. The molecule has 4 nitrogen and oxygen atoms in total. The van der Waals surface area contributed by atoms with E-state index < -0.39 is 0 Å². The molecule has 0 unspecified atom stereocenters. The number of para-hydroxylation sites is 1. The summed E-state index contributed by atoms with van der Waals surface area (Å²) in [5.74, 6) is 0. The summed E-state index contributed by atoms with van der Waals surface area (Å²) < 4.78 is 0. The predicted octanol–water partition coefficient (Wildman–Crippen LogP) is 1.76. The molecule has 0 aliphatic rings. The molecule has 78 valence electrons. The highest BCUT2D eigenvalue weighted by Crippen LogP contribution is 2.19. The maximum atomic E-state index is 5.86. The average Bonchev–Trinajstić information content (AvgIpc) is 2.74. The van der Waals surface area contributed by atoms with Crippen molar-refractivity contribution in [3.8, 4) is 0 Å². The number of nitrogens with two attached hydrogens (primary N) is 1. The Hall–Kier alpha value is -1.62. The van der Waals surface area contributed by atoms with Crippen LogP contribution in [-0.2, 0) is 6.54 Å². The van der Waals surface area contributed by atoms with Gasteiger partial charge in [0.2, 0.25) is 5.13 Å². The van der Waals surface area contributed by atoms with Crippen molar-refractivity contribution in [1.82, 2.24) is 10.2 Å². The van der Waals surface area contributed by atoms with Gasteiger partial charge in [0.15, 0.2) is 0 Å². The van der Waals surface area contributed by atoms with E-state index in [2.05, 4.69) is 10.2 Å². The second-order valence-corrected chi connectivity index (χ2v) is 4.09. The van der Waals surface area contributed by atoms with E-state index in [-0.39, 0.29) is 0 Å². The van der Waals surface area contributed by atoms with Crippen molar-refractivity contribution >= 4 is 22.2 Å². The normalized spacial score (nSPS) is 10.2. The molecule has 0 aliphatic carbocycles. The standard InChI is InChI=1S/C10H12N4S/c1-14(10-13-12-7-15-10)6-8-4-2-3-5-9(8)11/h2-5,7H,6,11H2,1H3. The first-order chi connectivity index (χ1) is 7.27. The smallest absolute Gasteiger partial charge is 0.208 e. The Labute approximate surface area is 92.4 Å². The van der Waals surface area contributed by atoms with Gasteiger partial charge in [-0.3, -0.25) is 0 Å². The van der Waals surface area contributed by atoms with E-state index >= 15 is 0 Å². The Morgan fingerprint density at radius 1 is 1.40 bits per heavy atom. The fraction of sp³-hybridized carbons (Fsp3) is 0.200. The van der Waals surface area contributed by atoms with Crippen molar-refractivity contribution in [3.63, 3.8) is 0 Å². The molecule has 0 amide bonds. The van der Waals surface area contributed by atoms with Gasteiger partial charge >= 0.3 is 0 Å². The van der Waals surface area contributed by atoms with Gasteiger partial charge in [0.1, 0.15) is 5.51 Å². The zero-order valence-electron chi connectivity index (χ0n) is 8.42. The summed E-state index contributed by atoms with van der Waals surface area (Å²) in [5.41, 5.74) is 9.51. The Balaban J connectivity index is 2.13. The van der Waals surface area contributed by atoms with Crippen LogP contribution in [0.4, 0.5) is 10.8 Å². The van der Waals surface area contributed by atoms with E-state index in [4.69, 9.17) is 5.73 Å². The Kier molecular flexibility index (Phi) is 2.82. The van der Waals surface area contributed by atoms with Gasteiger partial charge in [-0.2, -0.15) is 0 Å². The third-order valence-corrected chi connectivity index (χ3v) is 2.94. The van der Waals surface area contributed by atoms with Crippen LogP contribution >= 0.6 is 11.3 Å². The SMILES string of the molecule is CN(Cc1ccccc1N)c1nncs1. The molecule has 0 radical (unpaired) electrons. The molecule has 0 atom stereocenters. The summed E-state index contributed by atoms with van der Waals surface area (Å²) in [5, 5.41) is 8.70. The Morgan fingerprint density at radius 2 is 2.20 bits per heavy atom. The maximum Gasteiger partial charge on any atom is 0.208 e. The van der Waals surface area contributed by atoms with Crippen molar-refractivity contribution in [2.24, 2.45) is 0 Å². The molecule has 2 rings (SSSR count). The van der Waals surface area contributed by atoms with Crippen LogP contribution in [0.2, 0.25) is 0 Å². The second kappa shape index (κ2) is 4.27. The summed E-state index contributed by atoms with van der Waals surface area (Å²) in [6.45, 7) is 0.752. The molecule has 1 heterocycles. The van der Waals surface area contributed by atoms with Crippen LogP contribution < -0.4 is 10.6 Å². The van der Waals surface area contributed by atoms with Gasteiger partial charge in [-0.1, -0.05) is 29.5 Å². The van der Waals surface area contributed by atoms with Gasteiger partial charge < -0.3 is 10.6 Å². The third-order valence-electron chi connectivity index (χ3n) is 2.14. The van der Waals surface area contributed by atoms with Gasteiger partial charge in [-0.15, -0.1) is 10.2 Å². The molecule has 0 saturated heterocycles. The summed E-state index contributed by atoms with van der Waals surface area (Å²) in [4.78, 5) is 2.03. The van der Waals surface area contributed by atoms with Crippen LogP contribution in [0.1, 0.15) is 5.56 Å². The lowest BCUT2D eigenvalue weighted by molar-refractivity contribution is 0.896. The molecule has 2 N–H and O–H groups in total. The van der Waals surface area contributed by atoms with E-state index in [0.717, 1.165) is 22.9 Å². The lowest BCUT2D eigenvalue weighted by Crippen LogP contribution is -2.17. The van der Waals surface area contributed by atoms with Crippen LogP contribution in [0.15, 0.2) is 29.8 Å². The summed E-state index contributed by atoms with van der Waals surface area (Å²) >= 11 is 1.52. The first kappa shape index (κ1) is 9.92. The van der Waals surface area contributed by atoms with Crippen molar-refractivity contribution in [3.05, 3.63) is 35.3 Å². The second-order valence-electron chi connectivity index (χ2n) is 3.28. The molecule has 15 heavy (non-hydrogen) atoms. The summed E-state index contributed by atoms with van der Waals surface area (Å²) in [6.07, 6.45) is 0. The minimum Gasteiger partial charge on any atom is -0.398 e. The topological polar surface area (TPSA) is 55.0 Å². The predicted molar refractivity (Wildman–Crippen MR) is 62.9 cm³/mol. The highest BCUT2D eigenvalue weighted by Gasteiger charge is 2.06. The number of benzene rings is 1. The molecule has 0 fully saturated rings. The van der Waals surface area contributed by atoms with Gasteiger partial charge in [-0.05, 0) is 11.6 Å². The molecule has 0 spiro atoms. The third kappa shape index (κ3) is 2.24. The van der Waals surface area contributed by atoms with E-state index in [1.54, 1.807) is 5.51 Å². The lowest BCUT2D eigenvalue weighted by Gasteiger charge is -2.16. The number of hydrogen-bond donors (Lipinski definition) is 1. The van der Waals surface area contributed by atoms with Crippen LogP contribution in [0.25, 0.3) is 0 Å². The van der Waals surface area contributed by atoms with E-state index in [1.165, 1.54) is 11.3 Å². The van der Waals surface area contributed by atoms with Crippen LogP contribution in [0, 0.1) is 0 Å². The molecule has 0 bridgehead atoms. The highest BCUT2D eigenvalue weighted by molar-refractivity contribution is 7.13. The zero-order valence-corrected chi connectivity index (χ0v) is 9.24. The number of aromatic nitrogens is 2. The Bertz CT molecular complexity index is 427. The maximum absolute atomic E-state index is 5.86. The quantitative estimate of drug-likeness (QED) is 0.801. The van der Waals surface area contributed by atoms with Crippen LogP contribution in [-0.4, -0.2) is 17.2 Å². The van der Waals surface area contributed by atoms with E-state index in [0.29, 0.717) is 0 Å². The summed E-state index contributed by atoms with van der Waals surface area (Å²) in [7, 11) is 1.98. The van der Waals surface area contributed by atoms with Gasteiger partial charge in [0, 0.05) is 19.3 Å². The molecule has 0 saturated carbocycles. The first-order valence-corrected chi connectivity index (χ1v) is 5.46. The summed E-state index contributed by atoms with van der Waals surface area (Å²) in [6, 6.07) is 7.85. The van der Waals surface area contributed by atoms with E-state index in [1.807, 2.05) is 36.2 Å². The number of nitrogens with zero attached hydrogens (tertiary/aromatic N) is 3. The number of anilines is 2. The van der Waals surface area contributed by atoms with Crippen molar-refractivity contribution in [2.75, 3.05) is 17.7 Å². The fourth-order valence-corrected chi connectivity index (χ4v) is 1.86. The van der Waals surface area contributed by atoms with Crippen LogP contribution in [0.3, 0.4) is 0 Å². The molecule has 1 aromatic heterocycles. The minimum atomic E-state index is 0.752. The van der Waals surface area contributed by atoms with Crippen molar-refractivity contribution in [1.29, 1.82) is 0 Å². The first-order valence-electron chi connectivity index (χ1n) is 4.58.